The summed E-state index contributed by atoms with van der Waals surface area (Å²) in [5.74, 6) is 0.876. The molecule has 18 heavy (non-hydrogen) atoms. The van der Waals surface area contributed by atoms with Gasteiger partial charge in [0.05, 0.1) is 6.10 Å². The maximum absolute atomic E-state index is 5.80. The first-order chi connectivity index (χ1) is 8.22. The molecule has 0 unspecified atom stereocenters. The second-order valence-electron chi connectivity index (χ2n) is 4.93. The van der Waals surface area contributed by atoms with E-state index in [2.05, 4.69) is 29.5 Å². The van der Waals surface area contributed by atoms with Crippen LogP contribution < -0.4 is 10.6 Å². The highest BCUT2D eigenvalue weighted by atomic mass is 127. The Bertz CT molecular complexity index is 228. The van der Waals surface area contributed by atoms with E-state index in [0.717, 1.165) is 25.5 Å². The van der Waals surface area contributed by atoms with Gasteiger partial charge in [-0.05, 0) is 33.1 Å². The van der Waals surface area contributed by atoms with Crippen molar-refractivity contribution in [3.05, 3.63) is 0 Å². The summed E-state index contributed by atoms with van der Waals surface area (Å²) in [5, 5.41) is 6.54. The standard InChI is InChI=1S/C13H27N3O.HI/c1-11(2)16-13(14-3)15-9-6-10-17-12-7-4-5-8-12;/h11-12H,4-10H2,1-3H3,(H2,14,15,16);1H. The summed E-state index contributed by atoms with van der Waals surface area (Å²) in [6, 6.07) is 0.413. The van der Waals surface area contributed by atoms with Crippen molar-refractivity contribution in [1.29, 1.82) is 0 Å². The molecule has 108 valence electrons. The zero-order valence-electron chi connectivity index (χ0n) is 11.9. The third kappa shape index (κ3) is 8.13. The summed E-state index contributed by atoms with van der Waals surface area (Å²) in [4.78, 5) is 4.16. The Morgan fingerprint density at radius 3 is 2.56 bits per heavy atom. The van der Waals surface area contributed by atoms with E-state index in [4.69, 9.17) is 4.74 Å². The Kier molecular flexibility index (Phi) is 10.8. The van der Waals surface area contributed by atoms with Crippen molar-refractivity contribution in [3.63, 3.8) is 0 Å². The van der Waals surface area contributed by atoms with Crippen molar-refractivity contribution in [3.8, 4) is 0 Å². The molecule has 4 nitrogen and oxygen atoms in total. The topological polar surface area (TPSA) is 45.7 Å². The van der Waals surface area contributed by atoms with Gasteiger partial charge in [-0.1, -0.05) is 12.8 Å². The lowest BCUT2D eigenvalue weighted by atomic mass is 10.3. The van der Waals surface area contributed by atoms with Crippen LogP contribution in [0.15, 0.2) is 4.99 Å². The Balaban J connectivity index is 0.00000289. The number of aliphatic imine (C=N–C) groups is 1. The van der Waals surface area contributed by atoms with Crippen LogP contribution in [0.25, 0.3) is 0 Å². The molecule has 1 aliphatic carbocycles. The summed E-state index contributed by atoms with van der Waals surface area (Å²) < 4.78 is 5.80. The second-order valence-corrected chi connectivity index (χ2v) is 4.93. The van der Waals surface area contributed by atoms with Crippen molar-refractivity contribution in [2.75, 3.05) is 20.2 Å². The molecule has 0 aromatic heterocycles. The first kappa shape index (κ1) is 18.0. The first-order valence-corrected chi connectivity index (χ1v) is 6.81. The Morgan fingerprint density at radius 1 is 1.33 bits per heavy atom. The molecule has 0 heterocycles. The molecule has 1 aliphatic rings. The number of nitrogens with zero attached hydrogens (tertiary/aromatic N) is 1. The number of halogens is 1. The van der Waals surface area contributed by atoms with Gasteiger partial charge in [0.25, 0.3) is 0 Å². The van der Waals surface area contributed by atoms with Crippen LogP contribution in [0.2, 0.25) is 0 Å². The third-order valence-corrected chi connectivity index (χ3v) is 2.92. The van der Waals surface area contributed by atoms with Crippen LogP contribution in [-0.2, 0) is 4.74 Å². The van der Waals surface area contributed by atoms with E-state index in [1.807, 2.05) is 0 Å². The van der Waals surface area contributed by atoms with Crippen LogP contribution >= 0.6 is 24.0 Å². The molecule has 1 rings (SSSR count). The molecule has 0 saturated heterocycles. The van der Waals surface area contributed by atoms with Gasteiger partial charge in [0.15, 0.2) is 5.96 Å². The predicted octanol–water partition coefficient (Wildman–Crippen LogP) is 2.53. The zero-order chi connectivity index (χ0) is 12.5. The van der Waals surface area contributed by atoms with Crippen LogP contribution in [0, 0.1) is 0 Å². The maximum atomic E-state index is 5.80. The molecule has 0 aromatic carbocycles. The number of ether oxygens (including phenoxy) is 1. The van der Waals surface area contributed by atoms with E-state index in [1.165, 1.54) is 25.7 Å². The molecule has 0 atom stereocenters. The normalized spacial score (nSPS) is 16.8. The molecule has 0 radical (unpaired) electrons. The molecule has 1 fully saturated rings. The molecule has 1 saturated carbocycles. The van der Waals surface area contributed by atoms with E-state index >= 15 is 0 Å². The smallest absolute Gasteiger partial charge is 0.191 e. The van der Waals surface area contributed by atoms with Crippen LogP contribution in [0.5, 0.6) is 0 Å². The van der Waals surface area contributed by atoms with Gasteiger partial charge >= 0.3 is 0 Å². The van der Waals surface area contributed by atoms with Gasteiger partial charge in [-0.2, -0.15) is 0 Å². The molecule has 5 heteroatoms. The van der Waals surface area contributed by atoms with E-state index < -0.39 is 0 Å². The lowest BCUT2D eigenvalue weighted by molar-refractivity contribution is 0.0574. The second kappa shape index (κ2) is 10.8. The number of nitrogens with one attached hydrogen (secondary N) is 2. The van der Waals surface area contributed by atoms with Gasteiger partial charge in [-0.3, -0.25) is 4.99 Å². The minimum atomic E-state index is 0. The average Bonchev–Trinajstić information content (AvgIpc) is 2.79. The fourth-order valence-electron chi connectivity index (χ4n) is 2.05. The Labute approximate surface area is 128 Å². The van der Waals surface area contributed by atoms with Crippen LogP contribution in [-0.4, -0.2) is 38.3 Å². The van der Waals surface area contributed by atoms with Gasteiger partial charge in [0.1, 0.15) is 0 Å². The summed E-state index contributed by atoms with van der Waals surface area (Å²) in [7, 11) is 1.80. The van der Waals surface area contributed by atoms with Crippen molar-refractivity contribution in [2.24, 2.45) is 4.99 Å². The fraction of sp³-hybridized carbons (Fsp3) is 0.923. The summed E-state index contributed by atoms with van der Waals surface area (Å²) >= 11 is 0. The molecule has 0 bridgehead atoms. The molecule has 2 N–H and O–H groups in total. The van der Waals surface area contributed by atoms with Gasteiger partial charge in [-0.15, -0.1) is 24.0 Å². The average molecular weight is 369 g/mol. The number of hydrogen-bond donors (Lipinski definition) is 2. The van der Waals surface area contributed by atoms with E-state index in [9.17, 15) is 0 Å². The lowest BCUT2D eigenvalue weighted by Crippen LogP contribution is -2.41. The highest BCUT2D eigenvalue weighted by Crippen LogP contribution is 2.20. The van der Waals surface area contributed by atoms with Crippen LogP contribution in [0.4, 0.5) is 0 Å². The number of guanidine groups is 1. The van der Waals surface area contributed by atoms with Gasteiger partial charge < -0.3 is 15.4 Å². The third-order valence-electron chi connectivity index (χ3n) is 2.92. The Morgan fingerprint density at radius 2 is 2.00 bits per heavy atom. The van der Waals surface area contributed by atoms with Gasteiger partial charge in [0.2, 0.25) is 0 Å². The van der Waals surface area contributed by atoms with Crippen LogP contribution in [0.3, 0.4) is 0 Å². The molecular formula is C13H28IN3O. The number of hydrogen-bond acceptors (Lipinski definition) is 2. The van der Waals surface area contributed by atoms with Gasteiger partial charge in [0, 0.05) is 26.2 Å². The van der Waals surface area contributed by atoms with Crippen LogP contribution in [0.1, 0.15) is 46.0 Å². The van der Waals surface area contributed by atoms with Crippen molar-refractivity contribution >= 4 is 29.9 Å². The SMILES string of the molecule is CN=C(NCCCOC1CCCC1)NC(C)C.I. The largest absolute Gasteiger partial charge is 0.378 e. The number of rotatable bonds is 6. The fourth-order valence-corrected chi connectivity index (χ4v) is 2.05. The van der Waals surface area contributed by atoms with Crippen molar-refractivity contribution in [1.82, 2.24) is 10.6 Å². The maximum Gasteiger partial charge on any atom is 0.191 e. The quantitative estimate of drug-likeness (QED) is 0.327. The molecule has 0 amide bonds. The summed E-state index contributed by atoms with van der Waals surface area (Å²) in [6.07, 6.45) is 6.76. The highest BCUT2D eigenvalue weighted by Gasteiger charge is 2.14. The summed E-state index contributed by atoms with van der Waals surface area (Å²) in [6.45, 7) is 5.99. The van der Waals surface area contributed by atoms with Crippen molar-refractivity contribution < 1.29 is 4.74 Å². The Hall–Kier alpha value is -0.0400. The highest BCUT2D eigenvalue weighted by molar-refractivity contribution is 14.0. The van der Waals surface area contributed by atoms with E-state index in [1.54, 1.807) is 7.05 Å². The minimum Gasteiger partial charge on any atom is -0.378 e. The zero-order valence-corrected chi connectivity index (χ0v) is 14.2. The molecular weight excluding hydrogens is 341 g/mol. The predicted molar refractivity (Wildman–Crippen MR) is 87.9 cm³/mol. The van der Waals surface area contributed by atoms with E-state index in [-0.39, 0.29) is 24.0 Å². The summed E-state index contributed by atoms with van der Waals surface area (Å²) in [5.41, 5.74) is 0. The molecule has 0 aliphatic heterocycles. The first-order valence-electron chi connectivity index (χ1n) is 6.81. The molecule has 0 aromatic rings. The minimum absolute atomic E-state index is 0. The van der Waals surface area contributed by atoms with E-state index in [0.29, 0.717) is 12.1 Å². The lowest BCUT2D eigenvalue weighted by Gasteiger charge is -2.15. The monoisotopic (exact) mass is 369 g/mol. The van der Waals surface area contributed by atoms with Gasteiger partial charge in [-0.25, -0.2) is 0 Å². The molecule has 0 spiro atoms. The van der Waals surface area contributed by atoms with Crippen molar-refractivity contribution in [2.45, 2.75) is 58.1 Å².